The van der Waals surface area contributed by atoms with E-state index in [1.54, 1.807) is 48.7 Å². The summed E-state index contributed by atoms with van der Waals surface area (Å²) < 4.78 is 25.6. The van der Waals surface area contributed by atoms with Crippen molar-refractivity contribution in [2.45, 2.75) is 13.8 Å². The molecule has 0 amide bonds. The minimum atomic E-state index is -0.707. The second-order valence-electron chi connectivity index (χ2n) is 5.55. The van der Waals surface area contributed by atoms with Gasteiger partial charge in [0.25, 0.3) is 0 Å². The van der Waals surface area contributed by atoms with Crippen LogP contribution in [0.15, 0.2) is 53.1 Å². The third kappa shape index (κ3) is 3.24. The van der Waals surface area contributed by atoms with Crippen LogP contribution >= 0.6 is 0 Å². The number of esters is 1. The fraction of sp³-hybridized carbons (Fsp3) is 0.158. The van der Waals surface area contributed by atoms with Gasteiger partial charge in [0.15, 0.2) is 6.61 Å². The summed E-state index contributed by atoms with van der Waals surface area (Å²) in [5.41, 5.74) is 2.04. The molecule has 25 heavy (non-hydrogen) atoms. The normalized spacial score (nSPS) is 10.7. The largest absolute Gasteiger partial charge is 0.457 e. The molecule has 0 unspecified atom stereocenters. The molecule has 0 saturated carbocycles. The third-order valence-corrected chi connectivity index (χ3v) is 3.88. The number of rotatable bonds is 5. The van der Waals surface area contributed by atoms with Gasteiger partial charge in [0, 0.05) is 17.0 Å². The summed E-state index contributed by atoms with van der Waals surface area (Å²) >= 11 is 0. The minimum absolute atomic E-state index is 0.0321. The van der Waals surface area contributed by atoms with Gasteiger partial charge < -0.3 is 13.7 Å². The van der Waals surface area contributed by atoms with Crippen LogP contribution in [0.25, 0.3) is 5.69 Å². The van der Waals surface area contributed by atoms with Crippen molar-refractivity contribution in [1.29, 1.82) is 0 Å². The zero-order valence-corrected chi connectivity index (χ0v) is 13.8. The molecule has 3 rings (SSSR count). The molecule has 0 N–H and O–H groups in total. The molecule has 6 heteroatoms. The molecule has 0 radical (unpaired) electrons. The Morgan fingerprint density at radius 2 is 1.92 bits per heavy atom. The van der Waals surface area contributed by atoms with Crippen molar-refractivity contribution in [3.63, 3.8) is 0 Å². The van der Waals surface area contributed by atoms with E-state index in [1.807, 2.05) is 0 Å². The first kappa shape index (κ1) is 16.7. The summed E-state index contributed by atoms with van der Waals surface area (Å²) in [7, 11) is 0. The van der Waals surface area contributed by atoms with Crippen LogP contribution in [0.2, 0.25) is 0 Å². The van der Waals surface area contributed by atoms with Gasteiger partial charge in [0.2, 0.25) is 11.5 Å². The van der Waals surface area contributed by atoms with Crippen molar-refractivity contribution in [2.75, 3.05) is 6.61 Å². The maximum absolute atomic E-state index is 14.1. The first-order valence-electron chi connectivity index (χ1n) is 7.66. The fourth-order valence-electron chi connectivity index (χ4n) is 2.72. The second kappa shape index (κ2) is 6.76. The Bertz CT molecular complexity index is 925. The number of nitrogens with zero attached hydrogens (tertiary/aromatic N) is 1. The lowest BCUT2D eigenvalue weighted by Gasteiger charge is -2.10. The lowest BCUT2D eigenvalue weighted by molar-refractivity contribution is 0.0444. The van der Waals surface area contributed by atoms with Gasteiger partial charge in [0.05, 0.1) is 12.0 Å². The van der Waals surface area contributed by atoms with Gasteiger partial charge in [-0.1, -0.05) is 12.1 Å². The number of benzene rings is 1. The van der Waals surface area contributed by atoms with E-state index in [0.717, 1.165) is 0 Å². The zero-order valence-electron chi connectivity index (χ0n) is 13.8. The van der Waals surface area contributed by atoms with Gasteiger partial charge in [-0.15, -0.1) is 0 Å². The van der Waals surface area contributed by atoms with Crippen molar-refractivity contribution in [3.05, 3.63) is 77.3 Å². The molecular weight excluding hydrogens is 325 g/mol. The molecule has 0 saturated heterocycles. The Balaban J connectivity index is 1.81. The van der Waals surface area contributed by atoms with E-state index < -0.39 is 12.6 Å². The molecule has 128 valence electrons. The highest BCUT2D eigenvalue weighted by Crippen LogP contribution is 2.23. The van der Waals surface area contributed by atoms with E-state index in [9.17, 15) is 14.0 Å². The number of furan rings is 1. The van der Waals surface area contributed by atoms with Gasteiger partial charge in [-0.05, 0) is 44.2 Å². The predicted octanol–water partition coefficient (Wildman–Crippen LogP) is 3.87. The van der Waals surface area contributed by atoms with E-state index in [0.29, 0.717) is 22.6 Å². The molecule has 0 fully saturated rings. The van der Waals surface area contributed by atoms with Crippen LogP contribution in [-0.2, 0) is 4.74 Å². The van der Waals surface area contributed by atoms with Crippen molar-refractivity contribution < 1.29 is 23.1 Å². The summed E-state index contributed by atoms with van der Waals surface area (Å²) in [4.78, 5) is 24.1. The molecule has 0 bridgehead atoms. The Morgan fingerprint density at radius 3 is 2.60 bits per heavy atom. The standard InChI is InChI=1S/C19H16FNO4/c1-12-10-14(13(2)21(12)16-7-4-3-6-15(16)20)17(22)11-25-19(23)18-8-5-9-24-18/h3-10H,11H2,1-2H3. The molecule has 0 spiro atoms. The molecule has 5 nitrogen and oxygen atoms in total. The summed E-state index contributed by atoms with van der Waals surface area (Å²) in [5.74, 6) is -1.42. The van der Waals surface area contributed by atoms with E-state index in [1.165, 1.54) is 18.4 Å². The first-order valence-corrected chi connectivity index (χ1v) is 7.66. The van der Waals surface area contributed by atoms with E-state index in [2.05, 4.69) is 0 Å². The Hall–Kier alpha value is -3.15. The van der Waals surface area contributed by atoms with Gasteiger partial charge >= 0.3 is 5.97 Å². The summed E-state index contributed by atoms with van der Waals surface area (Å²) in [5, 5.41) is 0. The molecular formula is C19H16FNO4. The molecule has 3 aromatic rings. The lowest BCUT2D eigenvalue weighted by atomic mass is 10.1. The van der Waals surface area contributed by atoms with E-state index in [-0.39, 0.29) is 17.4 Å². The van der Waals surface area contributed by atoms with Crippen LogP contribution in [0.4, 0.5) is 4.39 Å². The molecule has 0 atom stereocenters. The summed E-state index contributed by atoms with van der Waals surface area (Å²) in [6.07, 6.45) is 1.35. The van der Waals surface area contributed by atoms with Crippen LogP contribution in [0, 0.1) is 19.7 Å². The summed E-state index contributed by atoms with van der Waals surface area (Å²) in [6.45, 7) is 3.09. The number of ketones is 1. The van der Waals surface area contributed by atoms with Crippen LogP contribution in [-0.4, -0.2) is 22.9 Å². The van der Waals surface area contributed by atoms with Crippen LogP contribution in [0.1, 0.15) is 32.3 Å². The lowest BCUT2D eigenvalue weighted by Crippen LogP contribution is -2.14. The highest BCUT2D eigenvalue weighted by atomic mass is 19.1. The maximum atomic E-state index is 14.1. The van der Waals surface area contributed by atoms with Crippen molar-refractivity contribution in [2.24, 2.45) is 0 Å². The molecule has 2 aromatic heterocycles. The number of aryl methyl sites for hydroxylation is 1. The van der Waals surface area contributed by atoms with E-state index >= 15 is 0 Å². The number of Topliss-reactive ketones (excluding diaryl/α,β-unsaturated/α-hetero) is 1. The highest BCUT2D eigenvalue weighted by molar-refractivity contribution is 6.00. The quantitative estimate of drug-likeness (QED) is 0.522. The van der Waals surface area contributed by atoms with Crippen molar-refractivity contribution in [3.8, 4) is 5.69 Å². The molecule has 1 aromatic carbocycles. The number of ether oxygens (including phenoxy) is 1. The Labute approximate surface area is 143 Å². The fourth-order valence-corrected chi connectivity index (χ4v) is 2.72. The van der Waals surface area contributed by atoms with Crippen LogP contribution in [0.5, 0.6) is 0 Å². The number of halogens is 1. The SMILES string of the molecule is Cc1cc(C(=O)COC(=O)c2ccco2)c(C)n1-c1ccccc1F. The monoisotopic (exact) mass is 341 g/mol. The number of para-hydroxylation sites is 1. The Kier molecular flexibility index (Phi) is 4.52. The molecule has 2 heterocycles. The van der Waals surface area contributed by atoms with E-state index in [4.69, 9.17) is 9.15 Å². The van der Waals surface area contributed by atoms with Crippen molar-refractivity contribution in [1.82, 2.24) is 4.57 Å². The van der Waals surface area contributed by atoms with Crippen LogP contribution < -0.4 is 0 Å². The average Bonchev–Trinajstić information content (AvgIpc) is 3.22. The van der Waals surface area contributed by atoms with Crippen LogP contribution in [0.3, 0.4) is 0 Å². The highest BCUT2D eigenvalue weighted by Gasteiger charge is 2.20. The Morgan fingerprint density at radius 1 is 1.16 bits per heavy atom. The van der Waals surface area contributed by atoms with Gasteiger partial charge in [-0.25, -0.2) is 9.18 Å². The minimum Gasteiger partial charge on any atom is -0.457 e. The topological polar surface area (TPSA) is 61.4 Å². The molecule has 0 aliphatic heterocycles. The average molecular weight is 341 g/mol. The molecule has 0 aliphatic carbocycles. The zero-order chi connectivity index (χ0) is 18.0. The van der Waals surface area contributed by atoms with Gasteiger partial charge in [-0.2, -0.15) is 0 Å². The number of hydrogen-bond acceptors (Lipinski definition) is 4. The smallest absolute Gasteiger partial charge is 0.374 e. The number of hydrogen-bond donors (Lipinski definition) is 0. The van der Waals surface area contributed by atoms with Gasteiger partial charge in [0.1, 0.15) is 5.82 Å². The predicted molar refractivity (Wildman–Crippen MR) is 88.5 cm³/mol. The van der Waals surface area contributed by atoms with Crippen molar-refractivity contribution >= 4 is 11.8 Å². The second-order valence-corrected chi connectivity index (χ2v) is 5.55. The number of carbonyl (C=O) groups is 2. The van der Waals surface area contributed by atoms with Gasteiger partial charge in [-0.3, -0.25) is 4.79 Å². The maximum Gasteiger partial charge on any atom is 0.374 e. The number of aromatic nitrogens is 1. The third-order valence-electron chi connectivity index (χ3n) is 3.88. The molecule has 0 aliphatic rings. The summed E-state index contributed by atoms with van der Waals surface area (Å²) in [6, 6.07) is 11.0. The first-order chi connectivity index (χ1) is 12.0. The number of carbonyl (C=O) groups excluding carboxylic acids is 2.